The lowest BCUT2D eigenvalue weighted by molar-refractivity contribution is -0.384. The molecule has 0 unspecified atom stereocenters. The maximum absolute atomic E-state index is 10.8. The summed E-state index contributed by atoms with van der Waals surface area (Å²) < 4.78 is 0. The van der Waals surface area contributed by atoms with Crippen molar-refractivity contribution in [2.24, 2.45) is 0 Å². The highest BCUT2D eigenvalue weighted by atomic mass is 16.6. The highest BCUT2D eigenvalue weighted by Crippen LogP contribution is 2.23. The van der Waals surface area contributed by atoms with Gasteiger partial charge >= 0.3 is 0 Å². The summed E-state index contributed by atoms with van der Waals surface area (Å²) >= 11 is 0. The van der Waals surface area contributed by atoms with Gasteiger partial charge in [0.25, 0.3) is 5.69 Å². The zero-order chi connectivity index (χ0) is 22.4. The smallest absolute Gasteiger partial charge is 0.269 e. The fourth-order valence-electron chi connectivity index (χ4n) is 3.73. The molecule has 0 spiro atoms. The van der Waals surface area contributed by atoms with Crippen LogP contribution in [0.25, 0.3) is 0 Å². The van der Waals surface area contributed by atoms with E-state index in [4.69, 9.17) is 0 Å². The van der Waals surface area contributed by atoms with Crippen LogP contribution in [-0.4, -0.2) is 75.1 Å². The molecule has 0 aliphatic carbocycles. The van der Waals surface area contributed by atoms with Crippen LogP contribution in [0, 0.1) is 21.4 Å². The normalized spacial score (nSPS) is 14.5. The fourth-order valence-corrected chi connectivity index (χ4v) is 3.73. The Kier molecular flexibility index (Phi) is 7.45. The second kappa shape index (κ2) is 10.2. The number of likely N-dealkylation sites (N-methyl/N-ethyl adjacent to an activating group) is 2. The predicted molar refractivity (Wildman–Crippen MR) is 124 cm³/mol. The van der Waals surface area contributed by atoms with E-state index in [1.54, 1.807) is 12.1 Å². The molecule has 1 aliphatic rings. The van der Waals surface area contributed by atoms with E-state index in [0.29, 0.717) is 0 Å². The van der Waals surface area contributed by atoms with Crippen molar-refractivity contribution in [3.63, 3.8) is 0 Å². The first-order chi connectivity index (χ1) is 14.9. The van der Waals surface area contributed by atoms with Crippen LogP contribution in [0.4, 0.5) is 17.1 Å². The molecule has 0 N–H and O–H groups in total. The van der Waals surface area contributed by atoms with Gasteiger partial charge in [0, 0.05) is 76.4 Å². The van der Waals surface area contributed by atoms with E-state index >= 15 is 0 Å². The van der Waals surface area contributed by atoms with Crippen molar-refractivity contribution in [2.75, 3.05) is 70.2 Å². The number of nitro benzene ring substituents is 1. The van der Waals surface area contributed by atoms with Crippen LogP contribution in [0.2, 0.25) is 0 Å². The van der Waals surface area contributed by atoms with E-state index in [-0.39, 0.29) is 10.6 Å². The third-order valence-electron chi connectivity index (χ3n) is 5.72. The number of anilines is 2. The second-order valence-corrected chi connectivity index (χ2v) is 8.21. The number of benzene rings is 2. The number of nitriles is 1. The van der Waals surface area contributed by atoms with Crippen LogP contribution >= 0.6 is 0 Å². The number of nitro groups is 1. The molecule has 31 heavy (non-hydrogen) atoms. The molecule has 164 valence electrons. The first-order valence-electron chi connectivity index (χ1n) is 10.5. The maximum atomic E-state index is 10.8. The van der Waals surface area contributed by atoms with E-state index < -0.39 is 0 Å². The molecule has 0 aromatic heterocycles. The van der Waals surface area contributed by atoms with Gasteiger partial charge in [-0.2, -0.15) is 5.26 Å². The minimum Gasteiger partial charge on any atom is -0.373 e. The molecule has 3 rings (SSSR count). The number of piperazine rings is 1. The van der Waals surface area contributed by atoms with Crippen LogP contribution in [0.5, 0.6) is 0 Å². The Labute approximate surface area is 184 Å². The molecule has 1 aliphatic heterocycles. The first kappa shape index (κ1) is 22.5. The molecule has 8 nitrogen and oxygen atoms in total. The van der Waals surface area contributed by atoms with Gasteiger partial charge in [0.15, 0.2) is 0 Å². The SMILES string of the molecule is CN(C)CCN(C)c1ccc(C#N)c(CN2CCN(c3ccc([N+](=O)[O-])cc3)CC2)c1. The summed E-state index contributed by atoms with van der Waals surface area (Å²) in [5, 5.41) is 20.4. The molecule has 1 saturated heterocycles. The summed E-state index contributed by atoms with van der Waals surface area (Å²) in [5.74, 6) is 0. The Morgan fingerprint density at radius 3 is 2.29 bits per heavy atom. The van der Waals surface area contributed by atoms with Gasteiger partial charge in [0.1, 0.15) is 0 Å². The maximum Gasteiger partial charge on any atom is 0.269 e. The topological polar surface area (TPSA) is 79.9 Å². The minimum absolute atomic E-state index is 0.113. The van der Waals surface area contributed by atoms with E-state index in [9.17, 15) is 15.4 Å². The average Bonchev–Trinajstić information content (AvgIpc) is 2.78. The number of nitrogens with zero attached hydrogens (tertiary/aromatic N) is 6. The Morgan fingerprint density at radius 1 is 1.03 bits per heavy atom. The molecule has 0 atom stereocenters. The van der Waals surface area contributed by atoms with Crippen molar-refractivity contribution in [3.8, 4) is 6.07 Å². The zero-order valence-electron chi connectivity index (χ0n) is 18.5. The van der Waals surface area contributed by atoms with Crippen LogP contribution in [0.1, 0.15) is 11.1 Å². The molecule has 2 aromatic carbocycles. The van der Waals surface area contributed by atoms with Gasteiger partial charge in [-0.05, 0) is 50.0 Å². The van der Waals surface area contributed by atoms with Gasteiger partial charge < -0.3 is 14.7 Å². The van der Waals surface area contributed by atoms with E-state index in [1.807, 2.05) is 24.3 Å². The molecule has 0 bridgehead atoms. The Morgan fingerprint density at radius 2 is 1.71 bits per heavy atom. The zero-order valence-corrected chi connectivity index (χ0v) is 18.5. The largest absolute Gasteiger partial charge is 0.373 e. The second-order valence-electron chi connectivity index (χ2n) is 8.21. The number of hydrogen-bond donors (Lipinski definition) is 0. The molecule has 0 radical (unpaired) electrons. The molecule has 8 heteroatoms. The standard InChI is InChI=1S/C23H30N6O2/c1-25(2)10-11-26(3)23-5-4-19(17-24)20(16-23)18-27-12-14-28(15-13-27)21-6-8-22(9-7-21)29(30)31/h4-9,16H,10-15,18H2,1-3H3. The summed E-state index contributed by atoms with van der Waals surface area (Å²) in [6.45, 7) is 6.09. The lowest BCUT2D eigenvalue weighted by atomic mass is 10.1. The van der Waals surface area contributed by atoms with Gasteiger partial charge in [-0.1, -0.05) is 0 Å². The highest BCUT2D eigenvalue weighted by molar-refractivity contribution is 5.54. The molecule has 0 saturated carbocycles. The van der Waals surface area contributed by atoms with Crippen LogP contribution < -0.4 is 9.80 Å². The van der Waals surface area contributed by atoms with Crippen molar-refractivity contribution in [3.05, 3.63) is 63.7 Å². The number of non-ortho nitro benzene ring substituents is 1. The van der Waals surface area contributed by atoms with Crippen molar-refractivity contribution in [2.45, 2.75) is 6.54 Å². The Hall–Kier alpha value is -3.15. The number of rotatable bonds is 8. The number of hydrogen-bond acceptors (Lipinski definition) is 7. The molecular formula is C23H30N6O2. The summed E-state index contributed by atoms with van der Waals surface area (Å²) in [5.41, 5.74) is 4.03. The minimum atomic E-state index is -0.374. The van der Waals surface area contributed by atoms with Crippen molar-refractivity contribution < 1.29 is 4.92 Å². The fraction of sp³-hybridized carbons (Fsp3) is 0.435. The summed E-state index contributed by atoms with van der Waals surface area (Å²) in [4.78, 5) is 19.5. The van der Waals surface area contributed by atoms with Gasteiger partial charge in [0.05, 0.1) is 16.6 Å². The predicted octanol–water partition coefficient (Wildman–Crippen LogP) is 2.79. The van der Waals surface area contributed by atoms with Crippen molar-refractivity contribution in [1.82, 2.24) is 9.80 Å². The molecule has 1 heterocycles. The third kappa shape index (κ3) is 5.94. The van der Waals surface area contributed by atoms with Crippen LogP contribution in [0.15, 0.2) is 42.5 Å². The van der Waals surface area contributed by atoms with E-state index in [2.05, 4.69) is 52.9 Å². The monoisotopic (exact) mass is 422 g/mol. The highest BCUT2D eigenvalue weighted by Gasteiger charge is 2.19. The lowest BCUT2D eigenvalue weighted by Crippen LogP contribution is -2.46. The Bertz CT molecular complexity index is 930. The molecule has 0 amide bonds. The first-order valence-corrected chi connectivity index (χ1v) is 10.5. The molecule has 1 fully saturated rings. The van der Waals surface area contributed by atoms with Gasteiger partial charge in [-0.25, -0.2) is 0 Å². The lowest BCUT2D eigenvalue weighted by Gasteiger charge is -2.36. The molecule has 2 aromatic rings. The van der Waals surface area contributed by atoms with Gasteiger partial charge in [-0.3, -0.25) is 15.0 Å². The van der Waals surface area contributed by atoms with Crippen LogP contribution in [-0.2, 0) is 6.54 Å². The Balaban J connectivity index is 1.62. The van der Waals surface area contributed by atoms with Crippen molar-refractivity contribution in [1.29, 1.82) is 5.26 Å². The van der Waals surface area contributed by atoms with E-state index in [0.717, 1.165) is 68.3 Å². The van der Waals surface area contributed by atoms with Crippen LogP contribution in [0.3, 0.4) is 0 Å². The molecular weight excluding hydrogens is 392 g/mol. The van der Waals surface area contributed by atoms with E-state index in [1.165, 1.54) is 0 Å². The quantitative estimate of drug-likeness (QED) is 0.478. The average molecular weight is 423 g/mol. The summed E-state index contributed by atoms with van der Waals surface area (Å²) in [6.07, 6.45) is 0. The summed E-state index contributed by atoms with van der Waals surface area (Å²) in [7, 11) is 6.21. The van der Waals surface area contributed by atoms with Gasteiger partial charge in [-0.15, -0.1) is 0 Å². The van der Waals surface area contributed by atoms with Gasteiger partial charge in [0.2, 0.25) is 0 Å². The van der Waals surface area contributed by atoms with Crippen molar-refractivity contribution >= 4 is 17.1 Å². The third-order valence-corrected chi connectivity index (χ3v) is 5.72. The summed E-state index contributed by atoms with van der Waals surface area (Å²) in [6, 6.07) is 15.1.